The van der Waals surface area contributed by atoms with Gasteiger partial charge >= 0.3 is 5.69 Å². The summed E-state index contributed by atoms with van der Waals surface area (Å²) in [4.78, 5) is 30.4. The molecule has 0 bridgehead atoms. The van der Waals surface area contributed by atoms with Crippen LogP contribution in [0.15, 0.2) is 15.9 Å². The lowest BCUT2D eigenvalue weighted by atomic mass is 10.3. The van der Waals surface area contributed by atoms with Crippen molar-refractivity contribution < 1.29 is 4.39 Å². The van der Waals surface area contributed by atoms with Gasteiger partial charge in [-0.3, -0.25) is 18.3 Å². The Morgan fingerprint density at radius 3 is 2.88 bits per heavy atom. The molecule has 1 N–H and O–H groups in total. The highest BCUT2D eigenvalue weighted by atomic mass is 19.1. The number of aryl methyl sites for hydroxylation is 1. The molecule has 6 nitrogen and oxygen atoms in total. The van der Waals surface area contributed by atoms with E-state index in [9.17, 15) is 14.0 Å². The summed E-state index contributed by atoms with van der Waals surface area (Å²) in [6.45, 7) is -0.217. The van der Waals surface area contributed by atoms with E-state index >= 15 is 0 Å². The molecule has 0 saturated heterocycles. The monoisotopic (exact) mass is 240 g/mol. The normalized spacial score (nSPS) is 11.2. The van der Waals surface area contributed by atoms with Crippen LogP contribution in [0.1, 0.15) is 12.8 Å². The van der Waals surface area contributed by atoms with Gasteiger partial charge in [0.15, 0.2) is 5.65 Å². The quantitative estimate of drug-likeness (QED) is 0.774. The van der Waals surface area contributed by atoms with Crippen LogP contribution in [-0.2, 0) is 13.6 Å². The number of alkyl halides is 1. The molecule has 7 heteroatoms. The van der Waals surface area contributed by atoms with E-state index in [4.69, 9.17) is 0 Å². The third-order valence-corrected chi connectivity index (χ3v) is 2.68. The summed E-state index contributed by atoms with van der Waals surface area (Å²) in [6.07, 6.45) is 2.18. The van der Waals surface area contributed by atoms with Crippen LogP contribution in [-0.4, -0.2) is 25.8 Å². The fourth-order valence-corrected chi connectivity index (χ4v) is 1.75. The molecule has 0 fully saturated rings. The van der Waals surface area contributed by atoms with Gasteiger partial charge in [-0.25, -0.2) is 9.78 Å². The Labute approximate surface area is 95.7 Å². The van der Waals surface area contributed by atoms with Crippen molar-refractivity contribution in [1.29, 1.82) is 0 Å². The first-order chi connectivity index (χ1) is 8.16. The first-order valence-corrected chi connectivity index (χ1v) is 5.35. The zero-order chi connectivity index (χ0) is 12.4. The minimum atomic E-state index is -0.443. The summed E-state index contributed by atoms with van der Waals surface area (Å²) in [5, 5.41) is 0. The van der Waals surface area contributed by atoms with E-state index in [-0.39, 0.29) is 6.54 Å². The number of hydrogen-bond acceptors (Lipinski definition) is 3. The van der Waals surface area contributed by atoms with Crippen molar-refractivity contribution in [2.45, 2.75) is 19.4 Å². The Bertz CT molecular complexity index is 640. The van der Waals surface area contributed by atoms with Gasteiger partial charge in [0, 0.05) is 13.6 Å². The standard InChI is InChI=1S/C10H13FN4O2/c1-14-8-7(12-6-13-8)9(16)15(10(14)17)5-3-2-4-11/h6H,2-5H2,1H3,(H,12,13). The van der Waals surface area contributed by atoms with Gasteiger partial charge in [0.05, 0.1) is 13.0 Å². The summed E-state index contributed by atoms with van der Waals surface area (Å²) in [5.74, 6) is 0. The van der Waals surface area contributed by atoms with Crippen molar-refractivity contribution in [3.63, 3.8) is 0 Å². The van der Waals surface area contributed by atoms with Crippen molar-refractivity contribution in [2.24, 2.45) is 7.05 Å². The summed E-state index contributed by atoms with van der Waals surface area (Å²) in [7, 11) is 1.55. The van der Waals surface area contributed by atoms with Gasteiger partial charge in [-0.1, -0.05) is 0 Å². The largest absolute Gasteiger partial charge is 0.339 e. The third-order valence-electron chi connectivity index (χ3n) is 2.68. The van der Waals surface area contributed by atoms with Crippen molar-refractivity contribution in [3.05, 3.63) is 27.2 Å². The number of fused-ring (bicyclic) bond motifs is 1. The highest BCUT2D eigenvalue weighted by Crippen LogP contribution is 1.99. The number of hydrogen-bond donors (Lipinski definition) is 1. The highest BCUT2D eigenvalue weighted by molar-refractivity contribution is 5.68. The molecule has 0 spiro atoms. The molecule has 2 aromatic rings. The van der Waals surface area contributed by atoms with E-state index in [1.54, 1.807) is 7.05 Å². The Hall–Kier alpha value is -1.92. The number of H-pyrrole nitrogens is 1. The number of nitrogens with one attached hydrogen (secondary N) is 1. The second-order valence-corrected chi connectivity index (χ2v) is 3.80. The smallest absolute Gasteiger partial charge is 0.332 e. The predicted octanol–water partition coefficient (Wildman–Crippen LogP) is 0.173. The average Bonchev–Trinajstić information content (AvgIpc) is 2.80. The van der Waals surface area contributed by atoms with E-state index in [0.29, 0.717) is 24.0 Å². The van der Waals surface area contributed by atoms with Crippen LogP contribution < -0.4 is 11.2 Å². The molecule has 0 aromatic carbocycles. The maximum Gasteiger partial charge on any atom is 0.332 e. The van der Waals surface area contributed by atoms with Crippen LogP contribution in [0.3, 0.4) is 0 Å². The predicted molar refractivity (Wildman–Crippen MR) is 60.8 cm³/mol. The van der Waals surface area contributed by atoms with Crippen molar-refractivity contribution in [3.8, 4) is 0 Å². The molecule has 0 aliphatic carbocycles. The van der Waals surface area contributed by atoms with Crippen LogP contribution in [0.25, 0.3) is 11.2 Å². The fraction of sp³-hybridized carbons (Fsp3) is 0.500. The topological polar surface area (TPSA) is 72.7 Å². The van der Waals surface area contributed by atoms with E-state index in [2.05, 4.69) is 9.97 Å². The van der Waals surface area contributed by atoms with Crippen LogP contribution >= 0.6 is 0 Å². The molecule has 0 saturated carbocycles. The van der Waals surface area contributed by atoms with Gasteiger partial charge in [0.2, 0.25) is 0 Å². The molecule has 0 atom stereocenters. The van der Waals surface area contributed by atoms with E-state index in [0.717, 1.165) is 4.57 Å². The lowest BCUT2D eigenvalue weighted by molar-refractivity contribution is 0.440. The Kier molecular flexibility index (Phi) is 3.08. The first-order valence-electron chi connectivity index (χ1n) is 5.35. The van der Waals surface area contributed by atoms with Gasteiger partial charge in [-0.2, -0.15) is 0 Å². The molecule has 0 radical (unpaired) electrons. The minimum absolute atomic E-state index is 0.227. The molecule has 0 unspecified atom stereocenters. The molecule has 2 aromatic heterocycles. The number of imidazole rings is 1. The van der Waals surface area contributed by atoms with Gasteiger partial charge in [-0.05, 0) is 12.8 Å². The summed E-state index contributed by atoms with van der Waals surface area (Å²) >= 11 is 0. The van der Waals surface area contributed by atoms with E-state index < -0.39 is 17.9 Å². The molecule has 92 valence electrons. The summed E-state index contributed by atoms with van der Waals surface area (Å²) in [6, 6.07) is 0. The third kappa shape index (κ3) is 1.88. The number of rotatable bonds is 4. The van der Waals surface area contributed by atoms with Gasteiger partial charge in [-0.15, -0.1) is 0 Å². The second-order valence-electron chi connectivity index (χ2n) is 3.80. The molecule has 0 amide bonds. The highest BCUT2D eigenvalue weighted by Gasteiger charge is 2.11. The zero-order valence-electron chi connectivity index (χ0n) is 9.44. The van der Waals surface area contributed by atoms with Crippen LogP contribution in [0, 0.1) is 0 Å². The summed E-state index contributed by atoms with van der Waals surface area (Å²) in [5.41, 5.74) is -0.193. The van der Waals surface area contributed by atoms with Gasteiger partial charge in [0.1, 0.15) is 5.52 Å². The van der Waals surface area contributed by atoms with Crippen LogP contribution in [0.5, 0.6) is 0 Å². The molecule has 17 heavy (non-hydrogen) atoms. The Morgan fingerprint density at radius 1 is 1.41 bits per heavy atom. The molecule has 0 aliphatic rings. The number of unbranched alkanes of at least 4 members (excludes halogenated alkanes) is 1. The maximum atomic E-state index is 12.0. The van der Waals surface area contributed by atoms with Crippen molar-refractivity contribution in [1.82, 2.24) is 19.1 Å². The number of aromatic nitrogens is 4. The van der Waals surface area contributed by atoms with Gasteiger partial charge < -0.3 is 4.98 Å². The minimum Gasteiger partial charge on any atom is -0.339 e. The number of nitrogens with zero attached hydrogens (tertiary/aromatic N) is 3. The molecule has 2 rings (SSSR count). The number of aromatic amines is 1. The lowest BCUT2D eigenvalue weighted by Gasteiger charge is -2.06. The zero-order valence-corrected chi connectivity index (χ0v) is 9.44. The van der Waals surface area contributed by atoms with Crippen molar-refractivity contribution >= 4 is 11.2 Å². The SMILES string of the molecule is Cn1c(=O)n(CCCCF)c(=O)c2[nH]cnc21. The molecule has 2 heterocycles. The van der Waals surface area contributed by atoms with Crippen LogP contribution in [0.4, 0.5) is 4.39 Å². The fourth-order valence-electron chi connectivity index (χ4n) is 1.75. The molecule has 0 aliphatic heterocycles. The number of halogens is 1. The van der Waals surface area contributed by atoms with Crippen molar-refractivity contribution in [2.75, 3.05) is 6.67 Å². The average molecular weight is 240 g/mol. The second kappa shape index (κ2) is 4.52. The summed E-state index contributed by atoms with van der Waals surface area (Å²) < 4.78 is 14.4. The van der Waals surface area contributed by atoms with Crippen LogP contribution in [0.2, 0.25) is 0 Å². The first kappa shape index (κ1) is 11.6. The van der Waals surface area contributed by atoms with E-state index in [1.807, 2.05) is 0 Å². The lowest BCUT2D eigenvalue weighted by Crippen LogP contribution is -2.39. The maximum absolute atomic E-state index is 12.0. The molecular formula is C10H13FN4O2. The molecular weight excluding hydrogens is 227 g/mol. The Balaban J connectivity index is 2.55. The van der Waals surface area contributed by atoms with E-state index in [1.165, 1.54) is 10.9 Å². The van der Waals surface area contributed by atoms with Gasteiger partial charge in [0.25, 0.3) is 5.56 Å². The Morgan fingerprint density at radius 2 is 2.18 bits per heavy atom.